The van der Waals surface area contributed by atoms with E-state index in [1.165, 1.54) is 6.20 Å². The molecule has 0 saturated carbocycles. The second-order valence-corrected chi connectivity index (χ2v) is 13.4. The molecule has 0 fully saturated rings. The van der Waals surface area contributed by atoms with Gasteiger partial charge in [0.1, 0.15) is 15.9 Å². The van der Waals surface area contributed by atoms with E-state index in [0.717, 1.165) is 25.4 Å². The molecule has 0 radical (unpaired) electrons. The van der Waals surface area contributed by atoms with Gasteiger partial charge in [-0.2, -0.15) is 13.2 Å². The average Bonchev–Trinajstić information content (AvgIpc) is 2.68. The largest absolute Gasteiger partial charge is 0.505 e. The van der Waals surface area contributed by atoms with Crippen molar-refractivity contribution in [3.05, 3.63) is 57.9 Å². The van der Waals surface area contributed by atoms with E-state index in [4.69, 9.17) is 11.6 Å². The molecule has 2 aromatic rings. The van der Waals surface area contributed by atoms with Crippen molar-refractivity contribution in [1.29, 1.82) is 0 Å². The Morgan fingerprint density at radius 1 is 1.25 bits per heavy atom. The molecule has 6 nitrogen and oxygen atoms in total. The van der Waals surface area contributed by atoms with Crippen molar-refractivity contribution in [3.63, 3.8) is 0 Å². The molecule has 1 atom stereocenters. The van der Waals surface area contributed by atoms with E-state index in [2.05, 4.69) is 4.98 Å². The van der Waals surface area contributed by atoms with Crippen LogP contribution in [0.5, 0.6) is 0 Å². The zero-order valence-corrected chi connectivity index (χ0v) is 20.4. The fraction of sp³-hybridized carbons (Fsp3) is 0.316. The van der Waals surface area contributed by atoms with Crippen LogP contribution in [0.15, 0.2) is 30.5 Å². The number of hydrogen-bond acceptors (Lipinski definition) is 5. The molecule has 1 aliphatic rings. The van der Waals surface area contributed by atoms with Gasteiger partial charge in [0, 0.05) is 23.6 Å². The number of aromatic nitrogens is 1. The normalized spacial score (nSPS) is 18.3. The van der Waals surface area contributed by atoms with Gasteiger partial charge in [0.15, 0.2) is 5.76 Å². The van der Waals surface area contributed by atoms with Gasteiger partial charge in [0.05, 0.1) is 27.4 Å². The molecule has 1 aliphatic heterocycles. The quantitative estimate of drug-likeness (QED) is 0.635. The first kappa shape index (κ1) is 24.7. The average molecular weight is 527 g/mol. The number of hydrogen-bond donors (Lipinski definition) is 1. The number of alkyl halides is 3. The number of sulfonamides is 1. The number of anilines is 1. The van der Waals surface area contributed by atoms with Crippen LogP contribution in [-0.2, 0) is 40.6 Å². The van der Waals surface area contributed by atoms with Gasteiger partial charge >= 0.3 is 6.18 Å². The highest BCUT2D eigenvalue weighted by Crippen LogP contribution is 2.51. The fourth-order valence-electron chi connectivity index (χ4n) is 3.49. The van der Waals surface area contributed by atoms with Crippen molar-refractivity contribution < 1.29 is 30.9 Å². The zero-order chi connectivity index (χ0) is 24.2. The molecule has 3 rings (SSSR count). The number of aliphatic hydroxyl groups excluding tert-OH is 1. The Hall–Kier alpha value is -1.89. The van der Waals surface area contributed by atoms with Gasteiger partial charge in [-0.1, -0.05) is 23.7 Å². The maximum atomic E-state index is 14.4. The maximum Gasteiger partial charge on any atom is 0.419 e. The Bertz CT molecular complexity index is 1320. The predicted octanol–water partition coefficient (Wildman–Crippen LogP) is 4.53. The topological polar surface area (TPSA) is 87.6 Å². The summed E-state index contributed by atoms with van der Waals surface area (Å²) in [6, 6.07) is 5.41. The minimum Gasteiger partial charge on any atom is -0.505 e. The Morgan fingerprint density at radius 2 is 1.88 bits per heavy atom. The molecular formula is C19H18ClF3N2O4S3. The molecule has 1 unspecified atom stereocenters. The second-order valence-electron chi connectivity index (χ2n) is 7.47. The van der Waals surface area contributed by atoms with Crippen LogP contribution in [0, 0.1) is 0 Å². The fourth-order valence-corrected chi connectivity index (χ4v) is 7.59. The van der Waals surface area contributed by atoms with Gasteiger partial charge < -0.3 is 5.11 Å². The molecule has 0 spiro atoms. The lowest BCUT2D eigenvalue weighted by Crippen LogP contribution is -2.32. The van der Waals surface area contributed by atoms with Crippen LogP contribution in [0.25, 0.3) is 10.7 Å². The van der Waals surface area contributed by atoms with E-state index in [0.29, 0.717) is 9.87 Å². The van der Waals surface area contributed by atoms with E-state index in [9.17, 15) is 30.9 Å². The molecule has 0 amide bonds. The van der Waals surface area contributed by atoms with Crippen molar-refractivity contribution in [1.82, 2.24) is 4.98 Å². The Morgan fingerprint density at radius 3 is 2.41 bits per heavy atom. The molecule has 13 heteroatoms. The van der Waals surface area contributed by atoms with Crippen molar-refractivity contribution in [2.75, 3.05) is 17.6 Å². The van der Waals surface area contributed by atoms with Crippen molar-refractivity contribution in [3.8, 4) is 0 Å². The summed E-state index contributed by atoms with van der Waals surface area (Å²) in [7, 11) is -4.60. The third-order valence-corrected chi connectivity index (χ3v) is 10.8. The lowest BCUT2D eigenvalue weighted by molar-refractivity contribution is -0.137. The van der Waals surface area contributed by atoms with Crippen molar-refractivity contribution in [2.24, 2.45) is 0 Å². The number of benzene rings is 1. The predicted molar refractivity (Wildman–Crippen MR) is 122 cm³/mol. The summed E-state index contributed by atoms with van der Waals surface area (Å²) in [6.07, 6.45) is -2.93. The van der Waals surface area contributed by atoms with Crippen LogP contribution in [0.3, 0.4) is 0 Å². The second kappa shape index (κ2) is 8.15. The van der Waals surface area contributed by atoms with Crippen LogP contribution in [0.1, 0.15) is 36.2 Å². The minimum atomic E-state index is -5.06. The number of halogens is 4. The molecule has 1 aromatic heterocycles. The summed E-state index contributed by atoms with van der Waals surface area (Å²) in [4.78, 5) is 3.86. The van der Waals surface area contributed by atoms with Crippen LogP contribution in [-0.4, -0.2) is 36.0 Å². The molecule has 174 valence electrons. The minimum absolute atomic E-state index is 0.0615. The van der Waals surface area contributed by atoms with E-state index >= 15 is 0 Å². The molecule has 2 heterocycles. The maximum absolute atomic E-state index is 14.4. The van der Waals surface area contributed by atoms with E-state index in [1.54, 1.807) is 26.0 Å². The van der Waals surface area contributed by atoms with E-state index < -0.39 is 58.0 Å². The summed E-state index contributed by atoms with van der Waals surface area (Å²) >= 11 is 6.03. The van der Waals surface area contributed by atoms with Crippen LogP contribution in [0.2, 0.25) is 5.02 Å². The Balaban J connectivity index is 2.54. The van der Waals surface area contributed by atoms with Gasteiger partial charge in [-0.25, -0.2) is 12.6 Å². The van der Waals surface area contributed by atoms with Gasteiger partial charge in [0.2, 0.25) is 10.0 Å². The Labute approximate surface area is 193 Å². The molecule has 0 bridgehead atoms. The standard InChI is InChI=1S/C19H18ClF3N2O4S3/c1-18(2)11-6-5-9-24-14(11)16(26)17(31(18)30-27)10-7-8-12(20)15(13(10)19(21,22)23)25(3)32(4,28)29/h5-9,26H,1-4H3. The number of aliphatic hydroxyl groups is 1. The van der Waals surface area contributed by atoms with E-state index in [-0.39, 0.29) is 20.8 Å². The summed E-state index contributed by atoms with van der Waals surface area (Å²) in [5.74, 6) is -0.563. The van der Waals surface area contributed by atoms with Crippen molar-refractivity contribution >= 4 is 57.7 Å². The summed E-state index contributed by atoms with van der Waals surface area (Å²) in [6.45, 7) is 3.36. The summed E-state index contributed by atoms with van der Waals surface area (Å²) in [5, 5.41) is 10.5. The van der Waals surface area contributed by atoms with Crippen LogP contribution >= 0.6 is 11.6 Å². The first-order valence-corrected chi connectivity index (χ1v) is 13.6. The van der Waals surface area contributed by atoms with Crippen LogP contribution < -0.4 is 4.31 Å². The highest BCUT2D eigenvalue weighted by atomic mass is 35.5. The number of rotatable bonds is 3. The third kappa shape index (κ3) is 3.97. The summed E-state index contributed by atoms with van der Waals surface area (Å²) in [5.41, 5.74) is -2.10. The number of pyridine rings is 1. The van der Waals surface area contributed by atoms with Gasteiger partial charge in [-0.05, 0) is 41.0 Å². The SMILES string of the molecule is CN(c1c(Cl)ccc(C2=C(O)c3ncccc3C(C)(C)S2=S=O)c1C(F)(F)F)S(C)(=O)=O. The smallest absolute Gasteiger partial charge is 0.419 e. The molecule has 32 heavy (non-hydrogen) atoms. The molecule has 0 saturated heterocycles. The zero-order valence-electron chi connectivity index (χ0n) is 17.2. The molecular weight excluding hydrogens is 509 g/mol. The highest BCUT2D eigenvalue weighted by Gasteiger charge is 2.45. The third-order valence-electron chi connectivity index (χ3n) is 5.08. The monoisotopic (exact) mass is 526 g/mol. The van der Waals surface area contributed by atoms with E-state index in [1.807, 2.05) is 0 Å². The molecule has 1 N–H and O–H groups in total. The summed E-state index contributed by atoms with van der Waals surface area (Å²) < 4.78 is 78.9. The van der Waals surface area contributed by atoms with Crippen LogP contribution in [0.4, 0.5) is 18.9 Å². The number of fused-ring (bicyclic) bond motifs is 1. The Kier molecular flexibility index (Phi) is 6.31. The first-order valence-electron chi connectivity index (χ1n) is 8.91. The lowest BCUT2D eigenvalue weighted by Gasteiger charge is -2.35. The number of nitrogens with zero attached hydrogens (tertiary/aromatic N) is 2. The highest BCUT2D eigenvalue weighted by molar-refractivity contribution is 8.36. The van der Waals surface area contributed by atoms with Crippen molar-refractivity contribution in [2.45, 2.75) is 24.8 Å². The molecule has 1 aromatic carbocycles. The molecule has 0 aliphatic carbocycles. The lowest BCUT2D eigenvalue weighted by atomic mass is 9.96. The first-order chi connectivity index (χ1) is 14.6. The van der Waals surface area contributed by atoms with Gasteiger partial charge in [-0.15, -0.1) is 0 Å². The van der Waals surface area contributed by atoms with Gasteiger partial charge in [-0.3, -0.25) is 9.29 Å². The van der Waals surface area contributed by atoms with Gasteiger partial charge in [0.25, 0.3) is 0 Å².